The average Bonchev–Trinajstić information content (AvgIpc) is 3.14. The molecule has 0 unspecified atom stereocenters. The van der Waals surface area contributed by atoms with Crippen molar-refractivity contribution >= 4 is 17.3 Å². The molecule has 3 nitrogen and oxygen atoms in total. The quantitative estimate of drug-likeness (QED) is 0.884. The normalized spacial score (nSPS) is 14.9. The molecule has 3 rings (SSSR count). The van der Waals surface area contributed by atoms with E-state index in [9.17, 15) is 0 Å². The molecule has 2 N–H and O–H groups in total. The van der Waals surface area contributed by atoms with Crippen molar-refractivity contribution in [3.05, 3.63) is 41.3 Å². The fourth-order valence-electron chi connectivity index (χ4n) is 1.81. The summed E-state index contributed by atoms with van der Waals surface area (Å²) in [6.45, 7) is 0. The second-order valence-corrected chi connectivity index (χ2v) is 4.75. The van der Waals surface area contributed by atoms with Crippen molar-refractivity contribution in [3.63, 3.8) is 0 Å². The second kappa shape index (κ2) is 4.00. The smallest absolute Gasteiger partial charge is 0.132 e. The van der Waals surface area contributed by atoms with Gasteiger partial charge in [0.2, 0.25) is 0 Å². The van der Waals surface area contributed by atoms with Gasteiger partial charge in [-0.3, -0.25) is 0 Å². The van der Waals surface area contributed by atoms with Crippen LogP contribution in [0, 0.1) is 0 Å². The van der Waals surface area contributed by atoms with Crippen LogP contribution in [-0.2, 0) is 0 Å². The van der Waals surface area contributed by atoms with Gasteiger partial charge in [-0.2, -0.15) is 0 Å². The number of benzene rings is 1. The zero-order valence-corrected chi connectivity index (χ0v) is 9.98. The Bertz CT molecular complexity index is 564. The van der Waals surface area contributed by atoms with E-state index >= 15 is 0 Å². The van der Waals surface area contributed by atoms with E-state index < -0.39 is 0 Å². The van der Waals surface area contributed by atoms with Crippen LogP contribution in [0.25, 0.3) is 11.3 Å². The Hall–Kier alpha value is -1.61. The average molecular weight is 246 g/mol. The maximum Gasteiger partial charge on any atom is 0.132 e. The topological polar surface area (TPSA) is 51.8 Å². The molecule has 2 aromatic rings. The van der Waals surface area contributed by atoms with E-state index in [0.717, 1.165) is 17.1 Å². The molecule has 4 heteroatoms. The van der Waals surface area contributed by atoms with Gasteiger partial charge in [0, 0.05) is 16.5 Å². The summed E-state index contributed by atoms with van der Waals surface area (Å²) in [6, 6.07) is 7.57. The standard InChI is InChI=1S/C13H12ClN3/c14-10-3-1-2-9(6-10)12-11(15)7-16-13(17-12)8-4-5-8/h1-3,6-8H,4-5,15H2. The van der Waals surface area contributed by atoms with Gasteiger partial charge in [0.15, 0.2) is 0 Å². The van der Waals surface area contributed by atoms with E-state index in [1.54, 1.807) is 6.20 Å². The Kier molecular flexibility index (Phi) is 2.48. The van der Waals surface area contributed by atoms with Crippen molar-refractivity contribution < 1.29 is 0 Å². The first-order valence-corrected chi connectivity index (χ1v) is 6.00. The van der Waals surface area contributed by atoms with E-state index in [1.807, 2.05) is 24.3 Å². The summed E-state index contributed by atoms with van der Waals surface area (Å²) in [6.07, 6.45) is 4.05. The SMILES string of the molecule is Nc1cnc(C2CC2)nc1-c1cccc(Cl)c1. The summed E-state index contributed by atoms with van der Waals surface area (Å²) >= 11 is 5.98. The van der Waals surface area contributed by atoms with Gasteiger partial charge in [0.25, 0.3) is 0 Å². The van der Waals surface area contributed by atoms with Crippen LogP contribution in [0.3, 0.4) is 0 Å². The van der Waals surface area contributed by atoms with Crippen LogP contribution in [-0.4, -0.2) is 9.97 Å². The molecule has 1 fully saturated rings. The van der Waals surface area contributed by atoms with Crippen LogP contribution in [0.4, 0.5) is 5.69 Å². The predicted octanol–water partition coefficient (Wildman–Crippen LogP) is 3.26. The number of nitrogens with zero attached hydrogens (tertiary/aromatic N) is 2. The number of hydrogen-bond donors (Lipinski definition) is 1. The highest BCUT2D eigenvalue weighted by Crippen LogP contribution is 2.39. The molecule has 0 spiro atoms. The molecule has 0 atom stereocenters. The number of nitrogen functional groups attached to an aromatic ring is 1. The van der Waals surface area contributed by atoms with Crippen molar-refractivity contribution in [2.75, 3.05) is 5.73 Å². The molecule has 0 aliphatic heterocycles. The van der Waals surface area contributed by atoms with Crippen molar-refractivity contribution in [2.45, 2.75) is 18.8 Å². The Labute approximate surface area is 105 Å². The highest BCUT2D eigenvalue weighted by Gasteiger charge is 2.27. The zero-order valence-electron chi connectivity index (χ0n) is 9.23. The van der Waals surface area contributed by atoms with Gasteiger partial charge in [-0.25, -0.2) is 9.97 Å². The maximum absolute atomic E-state index is 5.98. The maximum atomic E-state index is 5.98. The van der Waals surface area contributed by atoms with Gasteiger partial charge >= 0.3 is 0 Å². The predicted molar refractivity (Wildman–Crippen MR) is 68.9 cm³/mol. The number of nitrogens with two attached hydrogens (primary N) is 1. The largest absolute Gasteiger partial charge is 0.396 e. The van der Waals surface area contributed by atoms with Gasteiger partial charge < -0.3 is 5.73 Å². The van der Waals surface area contributed by atoms with Gasteiger partial charge in [-0.15, -0.1) is 0 Å². The zero-order chi connectivity index (χ0) is 11.8. The fraction of sp³-hybridized carbons (Fsp3) is 0.231. The number of aromatic nitrogens is 2. The van der Waals surface area contributed by atoms with Crippen LogP contribution in [0.1, 0.15) is 24.6 Å². The lowest BCUT2D eigenvalue weighted by Crippen LogP contribution is -1.99. The molecule has 0 saturated heterocycles. The lowest BCUT2D eigenvalue weighted by Gasteiger charge is -2.07. The summed E-state index contributed by atoms with van der Waals surface area (Å²) in [7, 11) is 0. The lowest BCUT2D eigenvalue weighted by atomic mass is 10.1. The second-order valence-electron chi connectivity index (χ2n) is 4.32. The Balaban J connectivity index is 2.09. The summed E-state index contributed by atoms with van der Waals surface area (Å²) in [4.78, 5) is 8.83. The number of anilines is 1. The third kappa shape index (κ3) is 2.11. The van der Waals surface area contributed by atoms with E-state index in [-0.39, 0.29) is 0 Å². The van der Waals surface area contributed by atoms with Crippen LogP contribution in [0.15, 0.2) is 30.5 Å². The minimum Gasteiger partial charge on any atom is -0.396 e. The molecule has 86 valence electrons. The van der Waals surface area contributed by atoms with E-state index in [0.29, 0.717) is 16.6 Å². The first-order valence-electron chi connectivity index (χ1n) is 5.62. The molecule has 0 radical (unpaired) electrons. The van der Waals surface area contributed by atoms with E-state index in [4.69, 9.17) is 17.3 Å². The monoisotopic (exact) mass is 245 g/mol. The molecule has 1 aliphatic carbocycles. The molecule has 0 bridgehead atoms. The minimum absolute atomic E-state index is 0.522. The minimum atomic E-state index is 0.522. The summed E-state index contributed by atoms with van der Waals surface area (Å²) in [5.41, 5.74) is 8.24. The Morgan fingerprint density at radius 2 is 2.12 bits per heavy atom. The van der Waals surface area contributed by atoms with Crippen molar-refractivity contribution in [2.24, 2.45) is 0 Å². The fourth-order valence-corrected chi connectivity index (χ4v) is 2.00. The molecule has 1 aliphatic rings. The first kappa shape index (κ1) is 10.5. The summed E-state index contributed by atoms with van der Waals surface area (Å²) in [5, 5.41) is 0.688. The van der Waals surface area contributed by atoms with Crippen LogP contribution in [0.2, 0.25) is 5.02 Å². The van der Waals surface area contributed by atoms with Gasteiger partial charge in [-0.05, 0) is 25.0 Å². The van der Waals surface area contributed by atoms with Crippen LogP contribution < -0.4 is 5.73 Å². The molecule has 1 heterocycles. The molecular weight excluding hydrogens is 234 g/mol. The lowest BCUT2D eigenvalue weighted by molar-refractivity contribution is 0.933. The van der Waals surface area contributed by atoms with Gasteiger partial charge in [0.05, 0.1) is 17.6 Å². The van der Waals surface area contributed by atoms with Gasteiger partial charge in [0.1, 0.15) is 5.82 Å². The Morgan fingerprint density at radius 1 is 1.29 bits per heavy atom. The molecule has 17 heavy (non-hydrogen) atoms. The summed E-state index contributed by atoms with van der Waals surface area (Å²) in [5.74, 6) is 1.42. The van der Waals surface area contributed by atoms with Crippen LogP contribution >= 0.6 is 11.6 Å². The number of halogens is 1. The molecule has 1 aromatic carbocycles. The molecule has 1 saturated carbocycles. The first-order chi connectivity index (χ1) is 8.24. The highest BCUT2D eigenvalue weighted by atomic mass is 35.5. The van der Waals surface area contributed by atoms with Gasteiger partial charge in [-0.1, -0.05) is 23.7 Å². The summed E-state index contributed by atoms with van der Waals surface area (Å²) < 4.78 is 0. The third-order valence-electron chi connectivity index (χ3n) is 2.88. The highest BCUT2D eigenvalue weighted by molar-refractivity contribution is 6.30. The number of rotatable bonds is 2. The Morgan fingerprint density at radius 3 is 2.82 bits per heavy atom. The third-order valence-corrected chi connectivity index (χ3v) is 3.11. The molecule has 1 aromatic heterocycles. The van der Waals surface area contributed by atoms with Crippen LogP contribution in [0.5, 0.6) is 0 Å². The molecule has 0 amide bonds. The number of hydrogen-bond acceptors (Lipinski definition) is 3. The molecular formula is C13H12ClN3. The van der Waals surface area contributed by atoms with E-state index in [2.05, 4.69) is 9.97 Å². The van der Waals surface area contributed by atoms with E-state index in [1.165, 1.54) is 12.8 Å². The van der Waals surface area contributed by atoms with Crippen molar-refractivity contribution in [1.29, 1.82) is 0 Å². The van der Waals surface area contributed by atoms with Crippen molar-refractivity contribution in [1.82, 2.24) is 9.97 Å². The van der Waals surface area contributed by atoms with Crippen molar-refractivity contribution in [3.8, 4) is 11.3 Å².